The van der Waals surface area contributed by atoms with Gasteiger partial charge in [0.05, 0.1) is 19.3 Å². The molecule has 5 nitrogen and oxygen atoms in total. The zero-order valence-corrected chi connectivity index (χ0v) is 12.4. The van der Waals surface area contributed by atoms with Gasteiger partial charge in [0.1, 0.15) is 5.76 Å². The van der Waals surface area contributed by atoms with Crippen molar-refractivity contribution in [3.05, 3.63) is 47.9 Å². The van der Waals surface area contributed by atoms with Crippen LogP contribution < -0.4 is 9.47 Å². The fourth-order valence-electron chi connectivity index (χ4n) is 2.43. The van der Waals surface area contributed by atoms with Crippen LogP contribution in [0.2, 0.25) is 0 Å². The van der Waals surface area contributed by atoms with Crippen LogP contribution in [0.15, 0.2) is 41.0 Å². The Labute approximate surface area is 127 Å². The number of rotatable bonds is 5. The maximum Gasteiger partial charge on any atom is 0.315 e. The molecule has 0 aliphatic heterocycles. The predicted octanol–water partition coefficient (Wildman–Crippen LogP) is 3.20. The highest BCUT2D eigenvalue weighted by molar-refractivity contribution is 5.94. The largest absolute Gasteiger partial charge is 0.493 e. The van der Waals surface area contributed by atoms with E-state index in [1.165, 1.54) is 14.0 Å². The van der Waals surface area contributed by atoms with E-state index in [0.717, 1.165) is 12.2 Å². The third-order valence-corrected chi connectivity index (χ3v) is 3.78. The van der Waals surface area contributed by atoms with Crippen molar-refractivity contribution in [1.82, 2.24) is 0 Å². The molecule has 0 radical (unpaired) electrons. The number of carbonyl (C=O) groups excluding carboxylic acids is 2. The Hall–Kier alpha value is -2.56. The van der Waals surface area contributed by atoms with Gasteiger partial charge in [0.2, 0.25) is 0 Å². The van der Waals surface area contributed by atoms with Gasteiger partial charge < -0.3 is 13.9 Å². The van der Waals surface area contributed by atoms with Crippen molar-refractivity contribution in [2.75, 3.05) is 7.11 Å². The van der Waals surface area contributed by atoms with Crippen molar-refractivity contribution in [1.29, 1.82) is 0 Å². The van der Waals surface area contributed by atoms with E-state index in [0.29, 0.717) is 17.1 Å². The average molecular weight is 300 g/mol. The second kappa shape index (κ2) is 5.67. The number of benzene rings is 1. The Morgan fingerprint density at radius 3 is 2.68 bits per heavy atom. The van der Waals surface area contributed by atoms with E-state index in [4.69, 9.17) is 13.9 Å². The fourth-order valence-corrected chi connectivity index (χ4v) is 2.43. The second-order valence-electron chi connectivity index (χ2n) is 5.31. The van der Waals surface area contributed by atoms with E-state index < -0.39 is 0 Å². The van der Waals surface area contributed by atoms with Crippen molar-refractivity contribution >= 4 is 11.8 Å². The lowest BCUT2D eigenvalue weighted by molar-refractivity contribution is -0.136. The normalized spacial score (nSPS) is 19.5. The third kappa shape index (κ3) is 2.74. The summed E-state index contributed by atoms with van der Waals surface area (Å²) >= 11 is 0. The minimum Gasteiger partial charge on any atom is -0.493 e. The molecule has 2 aromatic rings. The number of carbonyl (C=O) groups is 2. The molecule has 0 N–H and O–H groups in total. The zero-order chi connectivity index (χ0) is 15.7. The van der Waals surface area contributed by atoms with E-state index in [1.54, 1.807) is 30.5 Å². The van der Waals surface area contributed by atoms with Gasteiger partial charge >= 0.3 is 5.97 Å². The van der Waals surface area contributed by atoms with E-state index in [-0.39, 0.29) is 23.6 Å². The molecule has 114 valence electrons. The van der Waals surface area contributed by atoms with Crippen LogP contribution in [0.3, 0.4) is 0 Å². The molecule has 0 bridgehead atoms. The van der Waals surface area contributed by atoms with Crippen LogP contribution in [0.5, 0.6) is 11.5 Å². The number of furan rings is 1. The number of ketones is 1. The number of hydrogen-bond acceptors (Lipinski definition) is 5. The molecule has 22 heavy (non-hydrogen) atoms. The molecule has 1 fully saturated rings. The molecule has 1 aliphatic carbocycles. The first-order valence-corrected chi connectivity index (χ1v) is 7.04. The van der Waals surface area contributed by atoms with Gasteiger partial charge in [-0.05, 0) is 43.7 Å². The van der Waals surface area contributed by atoms with Crippen LogP contribution in [-0.4, -0.2) is 18.9 Å². The van der Waals surface area contributed by atoms with Gasteiger partial charge in [-0.1, -0.05) is 0 Å². The van der Waals surface area contributed by atoms with E-state index >= 15 is 0 Å². The summed E-state index contributed by atoms with van der Waals surface area (Å²) in [7, 11) is 1.47. The fraction of sp³-hybridized carbons (Fsp3) is 0.294. The molecule has 1 aromatic heterocycles. The van der Waals surface area contributed by atoms with E-state index in [2.05, 4.69) is 0 Å². The Bertz CT molecular complexity index is 702. The van der Waals surface area contributed by atoms with Crippen LogP contribution in [-0.2, 0) is 4.79 Å². The number of esters is 1. The van der Waals surface area contributed by atoms with Crippen molar-refractivity contribution in [3.8, 4) is 11.5 Å². The number of hydrogen-bond donors (Lipinski definition) is 0. The Kier molecular flexibility index (Phi) is 3.71. The molecule has 3 rings (SSSR count). The van der Waals surface area contributed by atoms with E-state index in [9.17, 15) is 9.59 Å². The van der Waals surface area contributed by atoms with Crippen LogP contribution >= 0.6 is 0 Å². The number of methoxy groups -OCH3 is 1. The van der Waals surface area contributed by atoms with Gasteiger partial charge in [-0.25, -0.2) is 0 Å². The summed E-state index contributed by atoms with van der Waals surface area (Å²) in [6.07, 6.45) is 2.32. The van der Waals surface area contributed by atoms with Gasteiger partial charge in [-0.15, -0.1) is 0 Å². The Balaban J connectivity index is 1.71. The lowest BCUT2D eigenvalue weighted by Gasteiger charge is -2.10. The topological polar surface area (TPSA) is 65.7 Å². The van der Waals surface area contributed by atoms with Crippen LogP contribution in [0, 0.1) is 5.92 Å². The minimum atomic E-state index is -0.310. The average Bonchev–Trinajstić information content (AvgIpc) is 3.13. The Morgan fingerprint density at radius 1 is 1.23 bits per heavy atom. The highest BCUT2D eigenvalue weighted by Crippen LogP contribution is 2.48. The predicted molar refractivity (Wildman–Crippen MR) is 78.2 cm³/mol. The molecular formula is C17H16O5. The number of ether oxygens (including phenoxy) is 2. The van der Waals surface area contributed by atoms with Crippen molar-refractivity contribution < 1.29 is 23.5 Å². The quantitative estimate of drug-likeness (QED) is 0.482. The van der Waals surface area contributed by atoms with E-state index in [1.807, 2.05) is 6.07 Å². The molecule has 0 unspecified atom stereocenters. The summed E-state index contributed by atoms with van der Waals surface area (Å²) in [5, 5.41) is 0. The molecule has 1 aromatic carbocycles. The first-order valence-electron chi connectivity index (χ1n) is 7.04. The van der Waals surface area contributed by atoms with Gasteiger partial charge in [-0.2, -0.15) is 0 Å². The van der Waals surface area contributed by atoms with Crippen LogP contribution in [0.1, 0.15) is 35.4 Å². The molecule has 0 amide bonds. The number of Topliss-reactive ketones (excluding diaryl/α,β-unsaturated/α-hetero) is 1. The standard InChI is InChI=1S/C17H16O5/c1-10(18)11-5-6-15(16(8-11)20-2)22-17(19)13-9-12(13)14-4-3-7-21-14/h3-8,12-13H,9H2,1-2H3/t12-,13+/m0/s1. The lowest BCUT2D eigenvalue weighted by Crippen LogP contribution is -2.12. The first kappa shape index (κ1) is 14.4. The van der Waals surface area contributed by atoms with Gasteiger partial charge in [0.15, 0.2) is 17.3 Å². The SMILES string of the molecule is COc1cc(C(C)=O)ccc1OC(=O)[C@@H]1C[C@@H]1c1ccco1. The van der Waals surface area contributed by atoms with Crippen LogP contribution in [0.25, 0.3) is 0 Å². The summed E-state index contributed by atoms with van der Waals surface area (Å²) in [6.45, 7) is 1.47. The van der Waals surface area contributed by atoms with Crippen molar-refractivity contribution in [2.45, 2.75) is 19.3 Å². The summed E-state index contributed by atoms with van der Waals surface area (Å²) in [4.78, 5) is 23.5. The summed E-state index contributed by atoms with van der Waals surface area (Å²) in [5.41, 5.74) is 0.511. The van der Waals surface area contributed by atoms with Crippen molar-refractivity contribution in [2.24, 2.45) is 5.92 Å². The summed E-state index contributed by atoms with van der Waals surface area (Å²) in [6, 6.07) is 8.43. The van der Waals surface area contributed by atoms with Crippen molar-refractivity contribution in [3.63, 3.8) is 0 Å². The van der Waals surface area contributed by atoms with Gasteiger partial charge in [0.25, 0.3) is 0 Å². The molecular weight excluding hydrogens is 284 g/mol. The molecule has 0 saturated heterocycles. The van der Waals surface area contributed by atoms with Gasteiger partial charge in [0, 0.05) is 11.5 Å². The highest BCUT2D eigenvalue weighted by Gasteiger charge is 2.47. The third-order valence-electron chi connectivity index (χ3n) is 3.78. The highest BCUT2D eigenvalue weighted by atomic mass is 16.6. The lowest BCUT2D eigenvalue weighted by atomic mass is 10.1. The Morgan fingerprint density at radius 2 is 2.05 bits per heavy atom. The minimum absolute atomic E-state index is 0.0729. The summed E-state index contributed by atoms with van der Waals surface area (Å²) in [5.74, 6) is 1.01. The summed E-state index contributed by atoms with van der Waals surface area (Å²) < 4.78 is 15.9. The maximum atomic E-state index is 12.2. The van der Waals surface area contributed by atoms with Gasteiger partial charge in [-0.3, -0.25) is 9.59 Å². The molecule has 1 heterocycles. The molecule has 5 heteroatoms. The molecule has 2 atom stereocenters. The second-order valence-corrected chi connectivity index (χ2v) is 5.31. The monoisotopic (exact) mass is 300 g/mol. The zero-order valence-electron chi connectivity index (χ0n) is 12.4. The molecule has 1 aliphatic rings. The first-order chi connectivity index (χ1) is 10.6. The van der Waals surface area contributed by atoms with Crippen LogP contribution in [0.4, 0.5) is 0 Å². The smallest absolute Gasteiger partial charge is 0.315 e. The molecule has 1 saturated carbocycles. The maximum absolute atomic E-state index is 12.2. The molecule has 0 spiro atoms.